The maximum atomic E-state index is 13.1. The third kappa shape index (κ3) is 3.68. The van der Waals surface area contributed by atoms with Gasteiger partial charge in [0.2, 0.25) is 18.6 Å². The number of carbonyl (C=O) groups is 2. The molecule has 0 spiro atoms. The maximum Gasteiger partial charge on any atom is 0.238 e. The van der Waals surface area contributed by atoms with Crippen molar-refractivity contribution in [2.75, 3.05) is 33.0 Å². The molecule has 0 aromatic heterocycles. The topological polar surface area (TPSA) is 71.1 Å². The van der Waals surface area contributed by atoms with Gasteiger partial charge < -0.3 is 19.7 Å². The fourth-order valence-electron chi connectivity index (χ4n) is 4.77. The molecule has 0 unspecified atom stereocenters. The summed E-state index contributed by atoms with van der Waals surface area (Å²) < 4.78 is 10.8. The highest BCUT2D eigenvalue weighted by Crippen LogP contribution is 2.48. The molecule has 29 heavy (non-hydrogen) atoms. The van der Waals surface area contributed by atoms with Crippen molar-refractivity contribution >= 4 is 11.8 Å². The number of nitrogens with one attached hydrogen (secondary N) is 1. The lowest BCUT2D eigenvalue weighted by molar-refractivity contribution is -0.145. The lowest BCUT2D eigenvalue weighted by Crippen LogP contribution is -2.53. The van der Waals surface area contributed by atoms with Gasteiger partial charge in [0.25, 0.3) is 0 Å². The summed E-state index contributed by atoms with van der Waals surface area (Å²) in [7, 11) is 0. The van der Waals surface area contributed by atoms with E-state index in [0.717, 1.165) is 44.0 Å². The van der Waals surface area contributed by atoms with Gasteiger partial charge in [-0.2, -0.15) is 0 Å². The monoisotopic (exact) mass is 399 g/mol. The minimum Gasteiger partial charge on any atom is -0.454 e. The second-order valence-electron chi connectivity index (χ2n) is 8.79. The zero-order valence-electron chi connectivity index (χ0n) is 16.8. The number of fused-ring (bicyclic) bond motifs is 1. The summed E-state index contributed by atoms with van der Waals surface area (Å²) >= 11 is 0. The molecular weight excluding hydrogens is 370 g/mol. The molecule has 4 aliphatic rings. The van der Waals surface area contributed by atoms with E-state index in [1.54, 1.807) is 0 Å². The standard InChI is InChI=1S/C22H29N3O4/c26-20(23-17-3-1-2-4-17)22(7-8-22)21(27)25-11-9-24(10-12-25)14-16-5-6-18-19(13-16)29-15-28-18/h5-6,13,17H,1-4,7-12,14-15H2,(H,23,26). The summed E-state index contributed by atoms with van der Waals surface area (Å²) in [5.74, 6) is 1.61. The number of nitrogens with zero attached hydrogens (tertiary/aromatic N) is 2. The molecule has 0 atom stereocenters. The van der Waals surface area contributed by atoms with Gasteiger partial charge in [0.05, 0.1) is 0 Å². The van der Waals surface area contributed by atoms with E-state index in [9.17, 15) is 9.59 Å². The number of rotatable bonds is 5. The van der Waals surface area contributed by atoms with E-state index in [-0.39, 0.29) is 24.6 Å². The Morgan fingerprint density at radius 1 is 1.03 bits per heavy atom. The Bertz CT molecular complexity index is 793. The molecule has 0 radical (unpaired) electrons. The van der Waals surface area contributed by atoms with Gasteiger partial charge in [-0.15, -0.1) is 0 Å². The van der Waals surface area contributed by atoms with Crippen LogP contribution in [0.25, 0.3) is 0 Å². The van der Waals surface area contributed by atoms with Gasteiger partial charge >= 0.3 is 0 Å². The number of amides is 2. The number of hydrogen-bond donors (Lipinski definition) is 1. The molecule has 156 valence electrons. The molecular formula is C22H29N3O4. The maximum absolute atomic E-state index is 13.1. The van der Waals surface area contributed by atoms with Gasteiger partial charge in [0.15, 0.2) is 11.5 Å². The lowest BCUT2D eigenvalue weighted by atomic mass is 10.0. The van der Waals surface area contributed by atoms with E-state index < -0.39 is 5.41 Å². The zero-order chi connectivity index (χ0) is 19.8. The van der Waals surface area contributed by atoms with Crippen LogP contribution in [0.5, 0.6) is 11.5 Å². The predicted molar refractivity (Wildman–Crippen MR) is 106 cm³/mol. The van der Waals surface area contributed by atoms with Gasteiger partial charge in [-0.05, 0) is 43.4 Å². The Morgan fingerprint density at radius 3 is 2.48 bits per heavy atom. The van der Waals surface area contributed by atoms with Crippen LogP contribution in [0.2, 0.25) is 0 Å². The van der Waals surface area contributed by atoms with Crippen LogP contribution < -0.4 is 14.8 Å². The molecule has 7 heteroatoms. The number of carbonyl (C=O) groups excluding carboxylic acids is 2. The highest BCUT2D eigenvalue weighted by atomic mass is 16.7. The van der Waals surface area contributed by atoms with E-state index in [0.29, 0.717) is 25.9 Å². The van der Waals surface area contributed by atoms with Crippen molar-refractivity contribution < 1.29 is 19.1 Å². The first-order valence-electron chi connectivity index (χ1n) is 10.9. The van der Waals surface area contributed by atoms with E-state index >= 15 is 0 Å². The van der Waals surface area contributed by atoms with Crippen LogP contribution in [-0.2, 0) is 16.1 Å². The van der Waals surface area contributed by atoms with Gasteiger partial charge in [-0.25, -0.2) is 0 Å². The molecule has 2 heterocycles. The number of ether oxygens (including phenoxy) is 2. The van der Waals surface area contributed by atoms with Gasteiger partial charge in [-0.3, -0.25) is 14.5 Å². The summed E-state index contributed by atoms with van der Waals surface area (Å²) in [6, 6.07) is 6.33. The normalized spacial score (nSPS) is 23.2. The molecule has 1 N–H and O–H groups in total. The lowest BCUT2D eigenvalue weighted by Gasteiger charge is -2.36. The molecule has 1 aromatic rings. The predicted octanol–water partition coefficient (Wildman–Crippen LogP) is 1.90. The van der Waals surface area contributed by atoms with Crippen molar-refractivity contribution in [1.82, 2.24) is 15.1 Å². The summed E-state index contributed by atoms with van der Waals surface area (Å²) in [4.78, 5) is 30.1. The van der Waals surface area contributed by atoms with Crippen LogP contribution in [0, 0.1) is 5.41 Å². The highest BCUT2D eigenvalue weighted by Gasteiger charge is 2.58. The molecule has 2 saturated carbocycles. The van der Waals surface area contributed by atoms with Crippen LogP contribution in [-0.4, -0.2) is 60.6 Å². The van der Waals surface area contributed by atoms with Crippen molar-refractivity contribution in [3.05, 3.63) is 23.8 Å². The second kappa shape index (κ2) is 7.52. The van der Waals surface area contributed by atoms with E-state index in [4.69, 9.17) is 9.47 Å². The average Bonchev–Trinajstić information content (AvgIpc) is 3.15. The molecule has 5 rings (SSSR count). The minimum atomic E-state index is -0.776. The van der Waals surface area contributed by atoms with Crippen molar-refractivity contribution in [1.29, 1.82) is 0 Å². The van der Waals surface area contributed by atoms with Crippen LogP contribution in [0.1, 0.15) is 44.1 Å². The summed E-state index contributed by atoms with van der Waals surface area (Å²) in [5, 5.41) is 3.14. The molecule has 2 aliphatic heterocycles. The molecule has 1 saturated heterocycles. The zero-order valence-corrected chi connectivity index (χ0v) is 16.8. The Labute approximate surface area is 171 Å². The molecule has 1 aromatic carbocycles. The fraction of sp³-hybridized carbons (Fsp3) is 0.636. The number of benzene rings is 1. The van der Waals surface area contributed by atoms with Crippen molar-refractivity contribution in [3.8, 4) is 11.5 Å². The molecule has 2 amide bonds. The van der Waals surface area contributed by atoms with Gasteiger partial charge in [0, 0.05) is 38.8 Å². The average molecular weight is 399 g/mol. The number of piperazine rings is 1. The van der Waals surface area contributed by atoms with E-state index in [1.807, 2.05) is 17.0 Å². The first-order valence-corrected chi connectivity index (χ1v) is 10.9. The quantitative estimate of drug-likeness (QED) is 0.766. The first-order chi connectivity index (χ1) is 14.1. The molecule has 7 nitrogen and oxygen atoms in total. The SMILES string of the molecule is O=C(NC1CCCC1)C1(C(=O)N2CCN(Cc3ccc4c(c3)OCO4)CC2)CC1. The molecule has 2 aliphatic carbocycles. The van der Waals surface area contributed by atoms with Crippen molar-refractivity contribution in [3.63, 3.8) is 0 Å². The highest BCUT2D eigenvalue weighted by molar-refractivity contribution is 6.08. The van der Waals surface area contributed by atoms with Gasteiger partial charge in [-0.1, -0.05) is 18.9 Å². The number of hydrogen-bond acceptors (Lipinski definition) is 5. The van der Waals surface area contributed by atoms with E-state index in [2.05, 4.69) is 16.3 Å². The third-order valence-electron chi connectivity index (χ3n) is 6.79. The smallest absolute Gasteiger partial charge is 0.238 e. The Balaban J connectivity index is 1.14. The first kappa shape index (κ1) is 18.7. The van der Waals surface area contributed by atoms with Crippen LogP contribution >= 0.6 is 0 Å². The van der Waals surface area contributed by atoms with E-state index in [1.165, 1.54) is 18.4 Å². The summed E-state index contributed by atoms with van der Waals surface area (Å²) in [6.45, 7) is 4.12. The fourth-order valence-corrected chi connectivity index (χ4v) is 4.77. The minimum absolute atomic E-state index is 0.0304. The van der Waals surface area contributed by atoms with Gasteiger partial charge in [0.1, 0.15) is 5.41 Å². The third-order valence-corrected chi connectivity index (χ3v) is 6.79. The van der Waals surface area contributed by atoms with Crippen LogP contribution in [0.15, 0.2) is 18.2 Å². The summed E-state index contributed by atoms with van der Waals surface area (Å²) in [6.07, 6.45) is 5.85. The second-order valence-corrected chi connectivity index (χ2v) is 8.79. The van der Waals surface area contributed by atoms with Crippen LogP contribution in [0.3, 0.4) is 0 Å². The molecule has 3 fully saturated rings. The summed E-state index contributed by atoms with van der Waals surface area (Å²) in [5.41, 5.74) is 0.408. The van der Waals surface area contributed by atoms with Crippen molar-refractivity contribution in [2.45, 2.75) is 51.1 Å². The Kier molecular flexibility index (Phi) is 4.86. The van der Waals surface area contributed by atoms with Crippen molar-refractivity contribution in [2.24, 2.45) is 5.41 Å². The largest absolute Gasteiger partial charge is 0.454 e. The van der Waals surface area contributed by atoms with Crippen LogP contribution in [0.4, 0.5) is 0 Å². The Morgan fingerprint density at radius 2 is 1.76 bits per heavy atom. The molecule has 0 bridgehead atoms. The Hall–Kier alpha value is -2.28.